The monoisotopic (exact) mass is 255 g/mol. The van der Waals surface area contributed by atoms with Crippen molar-refractivity contribution in [1.82, 2.24) is 4.37 Å². The molecule has 0 spiro atoms. The maximum absolute atomic E-state index is 11.3. The number of unbranched alkanes of at least 4 members (excludes halogenated alkanes) is 3. The number of aromatic amines is 1. The Morgan fingerprint density at radius 3 is 2.47 bits per heavy atom. The van der Waals surface area contributed by atoms with Gasteiger partial charge in [-0.15, -0.1) is 0 Å². The summed E-state index contributed by atoms with van der Waals surface area (Å²) in [6.45, 7) is 6.77. The van der Waals surface area contributed by atoms with E-state index in [2.05, 4.69) is 25.1 Å². The Kier molecular flexibility index (Phi) is 5.96. The van der Waals surface area contributed by atoms with Gasteiger partial charge in [0.15, 0.2) is 0 Å². The minimum Gasteiger partial charge on any atom is -0.278 e. The lowest BCUT2D eigenvalue weighted by atomic mass is 9.79. The van der Waals surface area contributed by atoms with Gasteiger partial charge in [-0.05, 0) is 12.8 Å². The predicted octanol–water partition coefficient (Wildman–Crippen LogP) is 4.46. The molecule has 0 aliphatic heterocycles. The Morgan fingerprint density at radius 1 is 1.18 bits per heavy atom. The van der Waals surface area contributed by atoms with Gasteiger partial charge in [-0.3, -0.25) is 9.17 Å². The average molecular weight is 255 g/mol. The summed E-state index contributed by atoms with van der Waals surface area (Å²) in [5.74, 6) is 0. The summed E-state index contributed by atoms with van der Waals surface area (Å²) in [4.78, 5) is 12.5. The second kappa shape index (κ2) is 7.00. The number of nitrogens with one attached hydrogen (secondary N) is 1. The Balaban J connectivity index is 2.64. The van der Waals surface area contributed by atoms with Crippen LogP contribution < -0.4 is 5.56 Å². The van der Waals surface area contributed by atoms with Gasteiger partial charge in [0.2, 0.25) is 0 Å². The van der Waals surface area contributed by atoms with E-state index in [4.69, 9.17) is 0 Å². The van der Waals surface area contributed by atoms with Crippen LogP contribution in [0.25, 0.3) is 0 Å². The highest BCUT2D eigenvalue weighted by Gasteiger charge is 2.27. The van der Waals surface area contributed by atoms with Crippen LogP contribution in [-0.2, 0) is 5.41 Å². The van der Waals surface area contributed by atoms with Crippen molar-refractivity contribution in [2.75, 3.05) is 0 Å². The van der Waals surface area contributed by atoms with E-state index >= 15 is 0 Å². The smallest absolute Gasteiger partial charge is 0.258 e. The van der Waals surface area contributed by atoms with Gasteiger partial charge in [0.25, 0.3) is 5.56 Å². The third-order valence-electron chi connectivity index (χ3n) is 3.50. The predicted molar refractivity (Wildman–Crippen MR) is 76.0 cm³/mol. The number of hydrogen-bond donors (Lipinski definition) is 1. The van der Waals surface area contributed by atoms with Crippen LogP contribution in [0.4, 0.5) is 0 Å². The van der Waals surface area contributed by atoms with E-state index in [0.717, 1.165) is 0 Å². The molecule has 98 valence electrons. The number of aromatic nitrogens is 1. The molecule has 0 aromatic carbocycles. The first-order valence-corrected chi connectivity index (χ1v) is 7.63. The molecule has 1 atom stereocenters. The quantitative estimate of drug-likeness (QED) is 0.683. The van der Waals surface area contributed by atoms with Crippen molar-refractivity contribution in [3.05, 3.63) is 21.3 Å². The molecule has 3 heteroatoms. The minimum atomic E-state index is 0.0564. The first kappa shape index (κ1) is 14.5. The standard InChI is InChI=1S/C14H25NOS/c1-4-6-7-8-10-14(3,9-5-2)12-11-13(16)15-17-12/h11H,4-10H2,1-3H3,(H,15,16). The molecule has 0 radical (unpaired) electrons. The van der Waals surface area contributed by atoms with E-state index in [1.54, 1.807) is 6.07 Å². The summed E-state index contributed by atoms with van der Waals surface area (Å²) < 4.78 is 2.82. The van der Waals surface area contributed by atoms with Crippen LogP contribution in [0.3, 0.4) is 0 Å². The molecule has 0 fully saturated rings. The summed E-state index contributed by atoms with van der Waals surface area (Å²) in [5, 5.41) is 0. The summed E-state index contributed by atoms with van der Waals surface area (Å²) in [6, 6.07) is 1.79. The van der Waals surface area contributed by atoms with Crippen molar-refractivity contribution in [1.29, 1.82) is 0 Å². The Morgan fingerprint density at radius 2 is 1.94 bits per heavy atom. The van der Waals surface area contributed by atoms with Crippen LogP contribution >= 0.6 is 11.5 Å². The highest BCUT2D eigenvalue weighted by atomic mass is 32.1. The van der Waals surface area contributed by atoms with E-state index in [1.165, 1.54) is 61.4 Å². The zero-order valence-electron chi connectivity index (χ0n) is 11.3. The van der Waals surface area contributed by atoms with E-state index in [9.17, 15) is 4.79 Å². The molecule has 0 saturated carbocycles. The molecule has 0 aliphatic carbocycles. The van der Waals surface area contributed by atoms with Gasteiger partial charge in [-0.25, -0.2) is 0 Å². The summed E-state index contributed by atoms with van der Waals surface area (Å²) in [6.07, 6.45) is 8.75. The molecular formula is C14H25NOS. The molecule has 1 N–H and O–H groups in total. The van der Waals surface area contributed by atoms with Crippen LogP contribution in [0.5, 0.6) is 0 Å². The Labute approximate surface area is 109 Å². The lowest BCUT2D eigenvalue weighted by molar-refractivity contribution is 0.383. The third kappa shape index (κ3) is 4.30. The van der Waals surface area contributed by atoms with Gasteiger partial charge in [-0.1, -0.05) is 64.4 Å². The number of H-pyrrole nitrogens is 1. The molecule has 17 heavy (non-hydrogen) atoms. The molecule has 0 aliphatic rings. The fraction of sp³-hybridized carbons (Fsp3) is 0.786. The highest BCUT2D eigenvalue weighted by molar-refractivity contribution is 7.05. The molecular weight excluding hydrogens is 230 g/mol. The second-order valence-electron chi connectivity index (χ2n) is 5.20. The topological polar surface area (TPSA) is 32.9 Å². The highest BCUT2D eigenvalue weighted by Crippen LogP contribution is 2.35. The van der Waals surface area contributed by atoms with E-state index in [0.29, 0.717) is 0 Å². The van der Waals surface area contributed by atoms with Crippen molar-refractivity contribution in [3.8, 4) is 0 Å². The SMILES string of the molecule is CCCCCCC(C)(CCC)c1cc(=O)[nH]s1. The van der Waals surface area contributed by atoms with E-state index in [-0.39, 0.29) is 11.0 Å². The fourth-order valence-electron chi connectivity index (χ4n) is 2.45. The molecule has 1 aromatic heterocycles. The second-order valence-corrected chi connectivity index (χ2v) is 6.05. The first-order valence-electron chi connectivity index (χ1n) is 6.81. The normalized spacial score (nSPS) is 14.8. The van der Waals surface area contributed by atoms with Crippen molar-refractivity contribution in [2.24, 2.45) is 0 Å². The van der Waals surface area contributed by atoms with Gasteiger partial charge in [0, 0.05) is 16.4 Å². The van der Waals surface area contributed by atoms with Crippen molar-refractivity contribution in [2.45, 2.75) is 71.1 Å². The van der Waals surface area contributed by atoms with Crippen LogP contribution in [0, 0.1) is 0 Å². The van der Waals surface area contributed by atoms with Crippen molar-refractivity contribution in [3.63, 3.8) is 0 Å². The van der Waals surface area contributed by atoms with Crippen molar-refractivity contribution >= 4 is 11.5 Å². The van der Waals surface area contributed by atoms with Gasteiger partial charge in [0.05, 0.1) is 0 Å². The molecule has 0 amide bonds. The number of rotatable bonds is 8. The average Bonchev–Trinajstić information content (AvgIpc) is 2.72. The largest absolute Gasteiger partial charge is 0.278 e. The van der Waals surface area contributed by atoms with Crippen molar-refractivity contribution < 1.29 is 0 Å². The van der Waals surface area contributed by atoms with Crippen LogP contribution in [0.2, 0.25) is 0 Å². The van der Waals surface area contributed by atoms with Gasteiger partial charge < -0.3 is 0 Å². The molecule has 1 aromatic rings. The molecule has 0 saturated heterocycles. The molecule has 1 heterocycles. The molecule has 2 nitrogen and oxygen atoms in total. The minimum absolute atomic E-state index is 0.0564. The Hall–Kier alpha value is -0.570. The van der Waals surface area contributed by atoms with Crippen LogP contribution in [0.1, 0.15) is 70.6 Å². The van der Waals surface area contributed by atoms with Gasteiger partial charge >= 0.3 is 0 Å². The summed E-state index contributed by atoms with van der Waals surface area (Å²) >= 11 is 1.52. The summed E-state index contributed by atoms with van der Waals surface area (Å²) in [5.41, 5.74) is 0.257. The fourth-order valence-corrected chi connectivity index (χ4v) is 3.33. The van der Waals surface area contributed by atoms with Gasteiger partial charge in [0.1, 0.15) is 0 Å². The van der Waals surface area contributed by atoms with Crippen LogP contribution in [0.15, 0.2) is 10.9 Å². The zero-order valence-corrected chi connectivity index (χ0v) is 12.2. The Bertz CT molecular complexity index is 368. The zero-order chi connectivity index (χ0) is 12.7. The van der Waals surface area contributed by atoms with Crippen LogP contribution in [-0.4, -0.2) is 4.37 Å². The molecule has 1 rings (SSSR count). The maximum atomic E-state index is 11.3. The van der Waals surface area contributed by atoms with E-state index < -0.39 is 0 Å². The maximum Gasteiger partial charge on any atom is 0.258 e. The molecule has 0 bridgehead atoms. The lowest BCUT2D eigenvalue weighted by Crippen LogP contribution is -2.20. The van der Waals surface area contributed by atoms with Gasteiger partial charge in [-0.2, -0.15) is 0 Å². The lowest BCUT2D eigenvalue weighted by Gasteiger charge is -2.27. The summed E-state index contributed by atoms with van der Waals surface area (Å²) in [7, 11) is 0. The molecule has 1 unspecified atom stereocenters. The number of hydrogen-bond acceptors (Lipinski definition) is 2. The third-order valence-corrected chi connectivity index (χ3v) is 4.64. The van der Waals surface area contributed by atoms with E-state index in [1.807, 2.05) is 0 Å². The first-order chi connectivity index (χ1) is 8.12.